The zero-order valence-corrected chi connectivity index (χ0v) is 16.5. The standard InChI is InChI=1S/C18H23NO4S2/c1-5-22-15(20)12-14(13-10-8-7-9-11-13)16(17(21)23-6-2)19-18(24-3)25-4/h7-11H,5-6,12H2,1-4H3/b16-14+. The summed E-state index contributed by atoms with van der Waals surface area (Å²) < 4.78 is 10.9. The minimum absolute atomic E-state index is 0.0501. The lowest BCUT2D eigenvalue weighted by molar-refractivity contribution is -0.141. The van der Waals surface area contributed by atoms with Crippen LogP contribution in [0.2, 0.25) is 0 Å². The Bertz CT molecular complexity index is 636. The van der Waals surface area contributed by atoms with Gasteiger partial charge in [-0.1, -0.05) is 30.3 Å². The van der Waals surface area contributed by atoms with E-state index < -0.39 is 11.9 Å². The van der Waals surface area contributed by atoms with Crippen LogP contribution < -0.4 is 0 Å². The molecule has 136 valence electrons. The van der Waals surface area contributed by atoms with Crippen molar-refractivity contribution >= 4 is 45.4 Å². The minimum Gasteiger partial charge on any atom is -0.466 e. The van der Waals surface area contributed by atoms with E-state index in [0.29, 0.717) is 9.95 Å². The SMILES string of the molecule is CCOC(=O)C/C(=C(\N=C(SC)SC)C(=O)OCC)c1ccccc1. The highest BCUT2D eigenvalue weighted by Gasteiger charge is 2.21. The molecule has 0 bridgehead atoms. The number of hydrogen-bond donors (Lipinski definition) is 0. The maximum absolute atomic E-state index is 12.5. The smallest absolute Gasteiger partial charge is 0.357 e. The number of ether oxygens (including phenoxy) is 2. The predicted molar refractivity (Wildman–Crippen MR) is 106 cm³/mol. The van der Waals surface area contributed by atoms with Crippen molar-refractivity contribution in [1.29, 1.82) is 0 Å². The van der Waals surface area contributed by atoms with Crippen LogP contribution in [0.25, 0.3) is 5.57 Å². The number of thioether (sulfide) groups is 2. The summed E-state index contributed by atoms with van der Waals surface area (Å²) in [7, 11) is 0. The Balaban J connectivity index is 3.52. The first-order valence-corrected chi connectivity index (χ1v) is 10.3. The van der Waals surface area contributed by atoms with E-state index >= 15 is 0 Å². The third-order valence-electron chi connectivity index (χ3n) is 3.06. The van der Waals surface area contributed by atoms with Gasteiger partial charge < -0.3 is 9.47 Å². The summed E-state index contributed by atoms with van der Waals surface area (Å²) in [5, 5.41) is 0. The molecule has 0 aliphatic heterocycles. The first-order chi connectivity index (χ1) is 12.1. The van der Waals surface area contributed by atoms with E-state index in [-0.39, 0.29) is 25.3 Å². The van der Waals surface area contributed by atoms with Crippen molar-refractivity contribution in [3.8, 4) is 0 Å². The van der Waals surface area contributed by atoms with E-state index in [1.54, 1.807) is 13.8 Å². The quantitative estimate of drug-likeness (QED) is 0.308. The Morgan fingerprint density at radius 1 is 1.00 bits per heavy atom. The van der Waals surface area contributed by atoms with E-state index in [1.807, 2.05) is 42.8 Å². The molecule has 0 saturated heterocycles. The summed E-state index contributed by atoms with van der Waals surface area (Å²) in [5.41, 5.74) is 1.38. The number of rotatable bonds is 7. The second-order valence-corrected chi connectivity index (χ2v) is 6.53. The minimum atomic E-state index is -0.550. The van der Waals surface area contributed by atoms with E-state index in [2.05, 4.69) is 4.99 Å². The van der Waals surface area contributed by atoms with Gasteiger partial charge in [-0.2, -0.15) is 0 Å². The van der Waals surface area contributed by atoms with Crippen LogP contribution >= 0.6 is 23.5 Å². The number of carbonyl (C=O) groups excluding carboxylic acids is 2. The van der Waals surface area contributed by atoms with Gasteiger partial charge in [0.2, 0.25) is 0 Å². The molecule has 5 nitrogen and oxygen atoms in total. The second-order valence-electron chi connectivity index (χ2n) is 4.68. The van der Waals surface area contributed by atoms with Crippen molar-refractivity contribution < 1.29 is 19.1 Å². The van der Waals surface area contributed by atoms with Gasteiger partial charge in [-0.15, -0.1) is 23.5 Å². The van der Waals surface area contributed by atoms with Crippen molar-refractivity contribution in [2.45, 2.75) is 20.3 Å². The van der Waals surface area contributed by atoms with Crippen LogP contribution in [0.15, 0.2) is 41.0 Å². The first-order valence-electron chi connectivity index (χ1n) is 7.85. The molecule has 0 atom stereocenters. The maximum atomic E-state index is 12.5. The largest absolute Gasteiger partial charge is 0.466 e. The molecule has 7 heteroatoms. The number of nitrogens with zero attached hydrogens (tertiary/aromatic N) is 1. The normalized spacial score (nSPS) is 11.4. The molecule has 1 aromatic rings. The van der Waals surface area contributed by atoms with Crippen molar-refractivity contribution in [1.82, 2.24) is 0 Å². The summed E-state index contributed by atoms with van der Waals surface area (Å²) >= 11 is 2.86. The van der Waals surface area contributed by atoms with Gasteiger partial charge in [0.05, 0.1) is 19.6 Å². The molecular weight excluding hydrogens is 358 g/mol. The molecule has 0 spiro atoms. The van der Waals surface area contributed by atoms with Gasteiger partial charge in [-0.3, -0.25) is 4.79 Å². The highest BCUT2D eigenvalue weighted by atomic mass is 32.2. The summed E-state index contributed by atoms with van der Waals surface area (Å²) in [6.07, 6.45) is 3.71. The molecule has 0 radical (unpaired) electrons. The molecule has 0 aromatic heterocycles. The molecule has 0 unspecified atom stereocenters. The van der Waals surface area contributed by atoms with Crippen LogP contribution in [0.5, 0.6) is 0 Å². The number of benzene rings is 1. The zero-order valence-electron chi connectivity index (χ0n) is 14.9. The van der Waals surface area contributed by atoms with Gasteiger partial charge in [0, 0.05) is 5.57 Å². The molecular formula is C18H23NO4S2. The van der Waals surface area contributed by atoms with E-state index in [0.717, 1.165) is 5.56 Å². The maximum Gasteiger partial charge on any atom is 0.357 e. The molecule has 0 aliphatic carbocycles. The highest BCUT2D eigenvalue weighted by Crippen LogP contribution is 2.27. The van der Waals surface area contributed by atoms with E-state index in [4.69, 9.17) is 9.47 Å². The molecule has 0 heterocycles. The topological polar surface area (TPSA) is 65.0 Å². The molecule has 0 fully saturated rings. The average molecular weight is 382 g/mol. The zero-order chi connectivity index (χ0) is 18.7. The number of hydrogen-bond acceptors (Lipinski definition) is 7. The Morgan fingerprint density at radius 3 is 2.12 bits per heavy atom. The summed E-state index contributed by atoms with van der Waals surface area (Å²) in [5.74, 6) is -0.959. The monoisotopic (exact) mass is 381 g/mol. The van der Waals surface area contributed by atoms with Crippen LogP contribution in [-0.2, 0) is 19.1 Å². The summed E-state index contributed by atoms with van der Waals surface area (Å²) in [6.45, 7) is 3.98. The Labute approximate surface area is 157 Å². The van der Waals surface area contributed by atoms with Crippen molar-refractivity contribution in [3.05, 3.63) is 41.6 Å². The third-order valence-corrected chi connectivity index (χ3v) is 4.94. The fraction of sp³-hybridized carbons (Fsp3) is 0.389. The molecule has 25 heavy (non-hydrogen) atoms. The van der Waals surface area contributed by atoms with Crippen molar-refractivity contribution in [2.75, 3.05) is 25.7 Å². The van der Waals surface area contributed by atoms with Gasteiger partial charge >= 0.3 is 11.9 Å². The second kappa shape index (κ2) is 11.8. The van der Waals surface area contributed by atoms with Crippen LogP contribution in [0, 0.1) is 0 Å². The summed E-state index contributed by atoms with van der Waals surface area (Å²) in [4.78, 5) is 29.0. The lowest BCUT2D eigenvalue weighted by Gasteiger charge is -2.13. The number of esters is 2. The van der Waals surface area contributed by atoms with E-state index in [9.17, 15) is 9.59 Å². The lowest BCUT2D eigenvalue weighted by Crippen LogP contribution is -2.13. The first kappa shape index (κ1) is 21.3. The summed E-state index contributed by atoms with van der Waals surface area (Å²) in [6, 6.07) is 9.23. The van der Waals surface area contributed by atoms with Gasteiger partial charge in [0.1, 0.15) is 4.38 Å². The third kappa shape index (κ3) is 6.96. The lowest BCUT2D eigenvalue weighted by atomic mass is 10.0. The molecule has 1 rings (SSSR count). The van der Waals surface area contributed by atoms with Gasteiger partial charge in [0.15, 0.2) is 5.70 Å². The Morgan fingerprint density at radius 2 is 1.60 bits per heavy atom. The molecule has 0 saturated carbocycles. The van der Waals surface area contributed by atoms with Gasteiger partial charge in [-0.25, -0.2) is 9.79 Å². The average Bonchev–Trinajstić information content (AvgIpc) is 2.62. The predicted octanol–water partition coefficient (Wildman–Crippen LogP) is 4.00. The van der Waals surface area contributed by atoms with Crippen LogP contribution in [-0.4, -0.2) is 42.0 Å². The fourth-order valence-corrected chi connectivity index (χ4v) is 3.05. The van der Waals surface area contributed by atoms with E-state index in [1.165, 1.54) is 23.5 Å². The molecule has 0 N–H and O–H groups in total. The van der Waals surface area contributed by atoms with Crippen LogP contribution in [0.1, 0.15) is 25.8 Å². The Hall–Kier alpha value is -1.73. The molecule has 1 aromatic carbocycles. The van der Waals surface area contributed by atoms with Crippen molar-refractivity contribution in [2.24, 2.45) is 4.99 Å². The molecule has 0 amide bonds. The van der Waals surface area contributed by atoms with Gasteiger partial charge in [0.25, 0.3) is 0 Å². The highest BCUT2D eigenvalue weighted by molar-refractivity contribution is 8.38. The number of carbonyl (C=O) groups is 2. The fourth-order valence-electron chi connectivity index (χ4n) is 2.02. The van der Waals surface area contributed by atoms with Gasteiger partial charge in [-0.05, 0) is 31.9 Å². The Kier molecular flexibility index (Phi) is 10.0. The number of aliphatic imine (C=N–C) groups is 1. The molecule has 0 aliphatic rings. The van der Waals surface area contributed by atoms with Crippen LogP contribution in [0.4, 0.5) is 0 Å². The van der Waals surface area contributed by atoms with Crippen molar-refractivity contribution in [3.63, 3.8) is 0 Å². The van der Waals surface area contributed by atoms with Crippen LogP contribution in [0.3, 0.4) is 0 Å².